The number of carbonyl (C=O) groups excluding carboxylic acids is 1. The number of hydrogen-bond donors (Lipinski definition) is 1. The van der Waals surface area contributed by atoms with Crippen LogP contribution in [0.15, 0.2) is 40.0 Å². The number of ether oxygens (including phenoxy) is 1. The van der Waals surface area contributed by atoms with Gasteiger partial charge < -0.3 is 9.15 Å². The van der Waals surface area contributed by atoms with Crippen molar-refractivity contribution in [2.45, 2.75) is 5.09 Å². The molecule has 0 atom stereocenters. The molecular weight excluding hydrogens is 332 g/mol. The first-order chi connectivity index (χ1) is 10.4. The third-order valence-electron chi connectivity index (χ3n) is 2.60. The van der Waals surface area contributed by atoms with Crippen LogP contribution in [0.2, 0.25) is 5.02 Å². The maximum absolute atomic E-state index is 12.1. The molecule has 0 saturated heterocycles. The molecule has 1 N–H and O–H groups in total. The van der Waals surface area contributed by atoms with E-state index in [4.69, 9.17) is 21.3 Å². The Morgan fingerprint density at radius 3 is 2.73 bits per heavy atom. The van der Waals surface area contributed by atoms with E-state index in [0.717, 1.165) is 12.3 Å². The Morgan fingerprint density at radius 1 is 1.41 bits per heavy atom. The van der Waals surface area contributed by atoms with Gasteiger partial charge in [-0.25, -0.2) is 4.79 Å². The summed E-state index contributed by atoms with van der Waals surface area (Å²) in [5.41, 5.74) is 0.344. The van der Waals surface area contributed by atoms with Crippen molar-refractivity contribution in [2.24, 2.45) is 0 Å². The second kappa shape index (κ2) is 6.09. The summed E-state index contributed by atoms with van der Waals surface area (Å²) in [5.74, 6) is -0.716. The molecule has 0 radical (unpaired) electrons. The molecule has 0 aliphatic rings. The molecule has 0 aliphatic carbocycles. The van der Waals surface area contributed by atoms with E-state index in [2.05, 4.69) is 9.46 Å². The Hall–Kier alpha value is -2.50. The fourth-order valence-electron chi connectivity index (χ4n) is 1.56. The lowest BCUT2D eigenvalue weighted by atomic mass is 10.2. The normalized spacial score (nSPS) is 10.8. The minimum atomic E-state index is -4.04. The number of hydrogen-bond acceptors (Lipinski definition) is 6. The number of carbonyl (C=O) groups is 1. The lowest BCUT2D eigenvalue weighted by Crippen LogP contribution is -2.12. The number of nitrogens with zero attached hydrogens (tertiary/aromatic N) is 1. The number of benzene rings is 1. The van der Waals surface area contributed by atoms with Crippen LogP contribution >= 0.6 is 11.6 Å². The highest BCUT2D eigenvalue weighted by molar-refractivity contribution is 7.92. The molecule has 0 spiro atoms. The number of anilines is 1. The van der Waals surface area contributed by atoms with Gasteiger partial charge in [0.1, 0.15) is 12.3 Å². The average Bonchev–Trinajstić information content (AvgIpc) is 2.97. The minimum Gasteiger partial charge on any atom is -0.465 e. The molecule has 0 unspecified atom stereocenters. The van der Waals surface area contributed by atoms with Crippen molar-refractivity contribution in [2.75, 3.05) is 11.8 Å². The maximum Gasteiger partial charge on any atom is 0.341 e. The summed E-state index contributed by atoms with van der Waals surface area (Å²) < 4.78 is 35.8. The van der Waals surface area contributed by atoms with Gasteiger partial charge >= 0.3 is 5.97 Å². The van der Waals surface area contributed by atoms with Crippen molar-refractivity contribution < 1.29 is 22.4 Å². The van der Waals surface area contributed by atoms with Crippen molar-refractivity contribution in [3.63, 3.8) is 0 Å². The zero-order valence-corrected chi connectivity index (χ0v) is 12.7. The molecule has 7 nitrogen and oxygen atoms in total. The highest BCUT2D eigenvalue weighted by Gasteiger charge is 2.21. The molecule has 22 heavy (non-hydrogen) atoms. The molecule has 0 aliphatic heterocycles. The van der Waals surface area contributed by atoms with Crippen LogP contribution < -0.4 is 4.72 Å². The second-order valence-corrected chi connectivity index (χ2v) is 6.08. The van der Waals surface area contributed by atoms with Gasteiger partial charge in [-0.05, 0) is 18.2 Å². The molecule has 0 fully saturated rings. The second-order valence-electron chi connectivity index (χ2n) is 4.06. The van der Waals surface area contributed by atoms with Crippen LogP contribution in [0.25, 0.3) is 0 Å². The first kappa shape index (κ1) is 15.9. The Kier molecular flexibility index (Phi) is 4.40. The molecule has 0 bridgehead atoms. The fraction of sp³-hybridized carbons (Fsp3) is 0.0769. The van der Waals surface area contributed by atoms with Crippen LogP contribution in [0.1, 0.15) is 15.9 Å². The van der Waals surface area contributed by atoms with Gasteiger partial charge in [-0.2, -0.15) is 13.7 Å². The monoisotopic (exact) mass is 340 g/mol. The molecule has 114 valence electrons. The molecule has 1 heterocycles. The van der Waals surface area contributed by atoms with E-state index in [0.29, 0.717) is 0 Å². The SMILES string of the molecule is COC(=O)c1coc(S(=O)(=O)Nc2ccc(C#N)c(Cl)c2)c1. The summed E-state index contributed by atoms with van der Waals surface area (Å²) in [4.78, 5) is 11.3. The van der Waals surface area contributed by atoms with E-state index in [-0.39, 0.29) is 21.8 Å². The van der Waals surface area contributed by atoms with Crippen LogP contribution in [-0.4, -0.2) is 21.5 Å². The minimum absolute atomic E-state index is 0.0271. The molecule has 1 aromatic heterocycles. The molecule has 2 aromatic rings. The number of nitrogens with one attached hydrogen (secondary N) is 1. The molecule has 0 amide bonds. The average molecular weight is 341 g/mol. The lowest BCUT2D eigenvalue weighted by Gasteiger charge is -2.06. The van der Waals surface area contributed by atoms with Crippen molar-refractivity contribution in [1.82, 2.24) is 0 Å². The van der Waals surface area contributed by atoms with Gasteiger partial charge in [0.25, 0.3) is 10.0 Å². The number of nitriles is 1. The predicted molar refractivity (Wildman–Crippen MR) is 77.0 cm³/mol. The Labute approximate surface area is 131 Å². The number of furan rings is 1. The van der Waals surface area contributed by atoms with E-state index in [9.17, 15) is 13.2 Å². The Bertz CT molecular complexity index is 867. The molecular formula is C13H9ClN2O5S. The van der Waals surface area contributed by atoms with Gasteiger partial charge in [-0.15, -0.1) is 0 Å². The van der Waals surface area contributed by atoms with Gasteiger partial charge in [-0.3, -0.25) is 4.72 Å². The van der Waals surface area contributed by atoms with Crippen molar-refractivity contribution in [1.29, 1.82) is 5.26 Å². The topological polar surface area (TPSA) is 109 Å². The third-order valence-corrected chi connectivity index (χ3v) is 4.16. The van der Waals surface area contributed by atoms with Crippen molar-refractivity contribution >= 4 is 33.3 Å². The quantitative estimate of drug-likeness (QED) is 0.856. The molecule has 1 aromatic carbocycles. The number of sulfonamides is 1. The standard InChI is InChI=1S/C13H9ClN2O5S/c1-20-13(17)9-4-12(21-7-9)22(18,19)16-10-3-2-8(6-15)11(14)5-10/h2-5,7,16H,1H3. The fourth-order valence-corrected chi connectivity index (χ4v) is 2.77. The van der Waals surface area contributed by atoms with Crippen molar-refractivity contribution in [3.05, 3.63) is 46.7 Å². The number of esters is 1. The Morgan fingerprint density at radius 2 is 2.14 bits per heavy atom. The maximum atomic E-state index is 12.1. The van der Waals surface area contributed by atoms with E-state index in [1.54, 1.807) is 0 Å². The van der Waals surface area contributed by atoms with E-state index in [1.165, 1.54) is 25.3 Å². The summed E-state index contributed by atoms with van der Waals surface area (Å²) in [6, 6.07) is 6.95. The zero-order chi connectivity index (χ0) is 16.3. The van der Waals surface area contributed by atoms with Gasteiger partial charge in [0.15, 0.2) is 0 Å². The first-order valence-electron chi connectivity index (χ1n) is 5.76. The highest BCUT2D eigenvalue weighted by Crippen LogP contribution is 2.23. The molecule has 0 saturated carbocycles. The molecule has 2 rings (SSSR count). The number of methoxy groups -OCH3 is 1. The van der Waals surface area contributed by atoms with Crippen LogP contribution in [0.3, 0.4) is 0 Å². The van der Waals surface area contributed by atoms with E-state index >= 15 is 0 Å². The number of halogens is 1. The van der Waals surface area contributed by atoms with Crippen LogP contribution in [-0.2, 0) is 14.8 Å². The summed E-state index contributed by atoms with van der Waals surface area (Å²) >= 11 is 5.83. The Balaban J connectivity index is 2.28. The summed E-state index contributed by atoms with van der Waals surface area (Å²) in [5, 5.41) is 8.42. The predicted octanol–water partition coefficient (Wildman–Crippen LogP) is 2.39. The van der Waals surface area contributed by atoms with Gasteiger partial charge in [0.05, 0.1) is 28.9 Å². The highest BCUT2D eigenvalue weighted by atomic mass is 35.5. The zero-order valence-electron chi connectivity index (χ0n) is 11.2. The lowest BCUT2D eigenvalue weighted by molar-refractivity contribution is 0.0600. The van der Waals surface area contributed by atoms with Crippen LogP contribution in [0.4, 0.5) is 5.69 Å². The van der Waals surface area contributed by atoms with Crippen LogP contribution in [0.5, 0.6) is 0 Å². The van der Waals surface area contributed by atoms with Gasteiger partial charge in [-0.1, -0.05) is 11.6 Å². The van der Waals surface area contributed by atoms with E-state index < -0.39 is 21.1 Å². The summed E-state index contributed by atoms with van der Waals surface area (Å²) in [7, 11) is -2.87. The first-order valence-corrected chi connectivity index (χ1v) is 7.63. The third kappa shape index (κ3) is 3.21. The number of rotatable bonds is 4. The van der Waals surface area contributed by atoms with E-state index in [1.807, 2.05) is 6.07 Å². The summed E-state index contributed by atoms with van der Waals surface area (Å²) in [6.45, 7) is 0. The smallest absolute Gasteiger partial charge is 0.341 e. The molecule has 9 heteroatoms. The van der Waals surface area contributed by atoms with Gasteiger partial charge in [0.2, 0.25) is 5.09 Å². The van der Waals surface area contributed by atoms with Gasteiger partial charge in [0, 0.05) is 6.07 Å². The largest absolute Gasteiger partial charge is 0.465 e. The van der Waals surface area contributed by atoms with Crippen molar-refractivity contribution in [3.8, 4) is 6.07 Å². The summed E-state index contributed by atoms with van der Waals surface area (Å²) in [6.07, 6.45) is 0.978. The van der Waals surface area contributed by atoms with Crippen LogP contribution in [0, 0.1) is 11.3 Å².